The maximum Gasteiger partial charge on any atom is 0.375 e. The molecule has 0 saturated heterocycles. The van der Waals surface area contributed by atoms with Gasteiger partial charge in [-0.05, 0) is 15.9 Å². The molecule has 0 saturated carbocycles. The maximum absolute atomic E-state index is 11.7. The molecule has 1 heterocycles. The normalized spacial score (nSPS) is 10.1. The van der Waals surface area contributed by atoms with Crippen LogP contribution < -0.4 is 5.43 Å². The SMILES string of the molecule is COC(=O)c1oc(-c2ccccc2)cc(=O)c1Br. The van der Waals surface area contributed by atoms with E-state index in [-0.39, 0.29) is 15.7 Å². The van der Waals surface area contributed by atoms with Gasteiger partial charge in [-0.25, -0.2) is 4.79 Å². The molecule has 2 rings (SSSR count). The van der Waals surface area contributed by atoms with Crippen LogP contribution in [0.5, 0.6) is 0 Å². The molecule has 0 amide bonds. The minimum Gasteiger partial charge on any atom is -0.463 e. The molecule has 0 N–H and O–H groups in total. The molecule has 4 nitrogen and oxygen atoms in total. The summed E-state index contributed by atoms with van der Waals surface area (Å²) in [6, 6.07) is 10.4. The first-order valence-electron chi connectivity index (χ1n) is 5.11. The highest BCUT2D eigenvalue weighted by Crippen LogP contribution is 2.22. The molecule has 0 fully saturated rings. The largest absolute Gasteiger partial charge is 0.463 e. The van der Waals surface area contributed by atoms with Crippen LogP contribution in [0, 0.1) is 0 Å². The number of esters is 1. The van der Waals surface area contributed by atoms with E-state index in [4.69, 9.17) is 4.42 Å². The van der Waals surface area contributed by atoms with E-state index in [9.17, 15) is 9.59 Å². The van der Waals surface area contributed by atoms with Gasteiger partial charge in [0.05, 0.1) is 7.11 Å². The molecule has 0 aliphatic rings. The standard InChI is InChI=1S/C13H9BrO4/c1-17-13(16)12-11(14)9(15)7-10(18-12)8-5-3-2-4-6-8/h2-7H,1H3. The third-order valence-electron chi connectivity index (χ3n) is 2.32. The molecule has 5 heteroatoms. The fraction of sp³-hybridized carbons (Fsp3) is 0.0769. The molecule has 0 spiro atoms. The Morgan fingerprint density at radius 3 is 2.56 bits per heavy atom. The Labute approximate surface area is 111 Å². The zero-order valence-electron chi connectivity index (χ0n) is 9.48. The third-order valence-corrected chi connectivity index (χ3v) is 3.07. The molecule has 0 atom stereocenters. The van der Waals surface area contributed by atoms with Gasteiger partial charge in [-0.3, -0.25) is 4.79 Å². The fourth-order valence-corrected chi connectivity index (χ4v) is 1.80. The molecule has 18 heavy (non-hydrogen) atoms. The number of carbonyl (C=O) groups is 1. The first kappa shape index (κ1) is 12.6. The molecule has 92 valence electrons. The monoisotopic (exact) mass is 308 g/mol. The number of methoxy groups -OCH3 is 1. The molecule has 0 radical (unpaired) electrons. The van der Waals surface area contributed by atoms with E-state index in [0.717, 1.165) is 0 Å². The summed E-state index contributed by atoms with van der Waals surface area (Å²) in [5.74, 6) is -0.509. The van der Waals surface area contributed by atoms with Gasteiger partial charge in [-0.2, -0.15) is 0 Å². The lowest BCUT2D eigenvalue weighted by molar-refractivity contribution is 0.0561. The first-order valence-corrected chi connectivity index (χ1v) is 5.90. The lowest BCUT2D eigenvalue weighted by atomic mass is 10.1. The number of hydrogen-bond donors (Lipinski definition) is 0. The summed E-state index contributed by atoms with van der Waals surface area (Å²) in [6.45, 7) is 0. The van der Waals surface area contributed by atoms with Crippen molar-refractivity contribution < 1.29 is 13.9 Å². The average molecular weight is 309 g/mol. The Bertz CT molecular complexity index is 631. The van der Waals surface area contributed by atoms with E-state index >= 15 is 0 Å². The number of benzene rings is 1. The van der Waals surface area contributed by atoms with Crippen molar-refractivity contribution in [3.05, 3.63) is 56.9 Å². The number of ether oxygens (including phenoxy) is 1. The molecule has 0 aliphatic carbocycles. The summed E-state index contributed by atoms with van der Waals surface area (Å²) < 4.78 is 10.0. The molecule has 2 aromatic rings. The van der Waals surface area contributed by atoms with Gasteiger partial charge in [0.1, 0.15) is 10.2 Å². The van der Waals surface area contributed by atoms with Crippen molar-refractivity contribution in [3.63, 3.8) is 0 Å². The molecule has 0 unspecified atom stereocenters. The Kier molecular flexibility index (Phi) is 3.62. The number of halogens is 1. The molecule has 1 aromatic heterocycles. The highest BCUT2D eigenvalue weighted by Gasteiger charge is 2.18. The second-order valence-electron chi connectivity index (χ2n) is 3.48. The van der Waals surface area contributed by atoms with Gasteiger partial charge < -0.3 is 9.15 Å². The fourth-order valence-electron chi connectivity index (χ4n) is 1.45. The van der Waals surface area contributed by atoms with Crippen molar-refractivity contribution in [1.29, 1.82) is 0 Å². The summed E-state index contributed by atoms with van der Waals surface area (Å²) in [5, 5.41) is 0. The second-order valence-corrected chi connectivity index (χ2v) is 4.27. The van der Waals surface area contributed by atoms with Gasteiger partial charge in [-0.1, -0.05) is 30.3 Å². The van der Waals surface area contributed by atoms with Crippen molar-refractivity contribution >= 4 is 21.9 Å². The summed E-state index contributed by atoms with van der Waals surface area (Å²) in [6.07, 6.45) is 0. The number of carbonyl (C=O) groups excluding carboxylic acids is 1. The smallest absolute Gasteiger partial charge is 0.375 e. The average Bonchev–Trinajstić information content (AvgIpc) is 2.41. The lowest BCUT2D eigenvalue weighted by Crippen LogP contribution is -2.10. The van der Waals surface area contributed by atoms with Crippen LogP contribution in [0.15, 0.2) is 50.1 Å². The van der Waals surface area contributed by atoms with Crippen LogP contribution in [0.2, 0.25) is 0 Å². The summed E-state index contributed by atoms with van der Waals surface area (Å²) >= 11 is 3.02. The number of hydrogen-bond acceptors (Lipinski definition) is 4. The van der Waals surface area contributed by atoms with Crippen LogP contribution in [0.25, 0.3) is 11.3 Å². The van der Waals surface area contributed by atoms with E-state index < -0.39 is 5.97 Å². The summed E-state index contributed by atoms with van der Waals surface area (Å²) in [5.41, 5.74) is 0.382. The Morgan fingerprint density at radius 1 is 1.28 bits per heavy atom. The highest BCUT2D eigenvalue weighted by atomic mass is 79.9. The van der Waals surface area contributed by atoms with Crippen molar-refractivity contribution in [2.45, 2.75) is 0 Å². The molecule has 1 aromatic carbocycles. The van der Waals surface area contributed by atoms with Gasteiger partial charge in [0.25, 0.3) is 0 Å². The Morgan fingerprint density at radius 2 is 1.94 bits per heavy atom. The van der Waals surface area contributed by atoms with Crippen LogP contribution in [0.3, 0.4) is 0 Å². The van der Waals surface area contributed by atoms with Crippen LogP contribution in [0.4, 0.5) is 0 Å². The predicted octanol–water partition coefficient (Wildman–Crippen LogP) is 2.86. The van der Waals surface area contributed by atoms with Gasteiger partial charge in [0.2, 0.25) is 11.2 Å². The van der Waals surface area contributed by atoms with E-state index in [0.29, 0.717) is 11.3 Å². The lowest BCUT2D eigenvalue weighted by Gasteiger charge is -2.05. The van der Waals surface area contributed by atoms with Gasteiger partial charge in [-0.15, -0.1) is 0 Å². The Hall–Kier alpha value is -1.88. The van der Waals surface area contributed by atoms with E-state index in [2.05, 4.69) is 20.7 Å². The van der Waals surface area contributed by atoms with Crippen LogP contribution in [0.1, 0.15) is 10.6 Å². The molecular formula is C13H9BrO4. The Balaban J connectivity index is 2.62. The maximum atomic E-state index is 11.7. The third kappa shape index (κ3) is 2.36. The first-order chi connectivity index (χ1) is 8.63. The molecule has 0 aliphatic heterocycles. The van der Waals surface area contributed by atoms with Crippen LogP contribution in [-0.4, -0.2) is 13.1 Å². The topological polar surface area (TPSA) is 56.5 Å². The van der Waals surface area contributed by atoms with Crippen LogP contribution in [-0.2, 0) is 4.74 Å². The number of rotatable bonds is 2. The summed E-state index contributed by atoms with van der Waals surface area (Å²) in [4.78, 5) is 23.2. The van der Waals surface area contributed by atoms with Gasteiger partial charge >= 0.3 is 5.97 Å². The van der Waals surface area contributed by atoms with Crippen molar-refractivity contribution in [2.75, 3.05) is 7.11 Å². The molecule has 0 bridgehead atoms. The zero-order chi connectivity index (χ0) is 13.1. The highest BCUT2D eigenvalue weighted by molar-refractivity contribution is 9.10. The predicted molar refractivity (Wildman–Crippen MR) is 69.5 cm³/mol. The van der Waals surface area contributed by atoms with E-state index in [1.165, 1.54) is 13.2 Å². The molecular weight excluding hydrogens is 300 g/mol. The van der Waals surface area contributed by atoms with Crippen molar-refractivity contribution in [1.82, 2.24) is 0 Å². The summed E-state index contributed by atoms with van der Waals surface area (Å²) in [7, 11) is 1.23. The van der Waals surface area contributed by atoms with Crippen molar-refractivity contribution in [2.24, 2.45) is 0 Å². The van der Waals surface area contributed by atoms with E-state index in [1.54, 1.807) is 12.1 Å². The van der Waals surface area contributed by atoms with Gasteiger partial charge in [0, 0.05) is 11.6 Å². The minimum atomic E-state index is -0.697. The zero-order valence-corrected chi connectivity index (χ0v) is 11.1. The van der Waals surface area contributed by atoms with Crippen molar-refractivity contribution in [3.8, 4) is 11.3 Å². The quantitative estimate of drug-likeness (QED) is 0.801. The van der Waals surface area contributed by atoms with Crippen LogP contribution >= 0.6 is 15.9 Å². The minimum absolute atomic E-state index is 0.0639. The second kappa shape index (κ2) is 5.18. The van der Waals surface area contributed by atoms with Gasteiger partial charge in [0.15, 0.2) is 0 Å². The van der Waals surface area contributed by atoms with E-state index in [1.807, 2.05) is 18.2 Å².